The second kappa shape index (κ2) is 6.31. The summed E-state index contributed by atoms with van der Waals surface area (Å²) in [6.45, 7) is 3.14. The fourth-order valence-corrected chi connectivity index (χ4v) is 2.76. The van der Waals surface area contributed by atoms with Crippen LogP contribution in [0.25, 0.3) is 0 Å². The van der Waals surface area contributed by atoms with Crippen LogP contribution in [0.1, 0.15) is 48.4 Å². The Labute approximate surface area is 127 Å². The van der Waals surface area contributed by atoms with Gasteiger partial charge in [-0.25, -0.2) is 0 Å². The molecule has 0 spiro atoms. The van der Waals surface area contributed by atoms with Crippen LogP contribution < -0.4 is 10.1 Å². The number of nitrogens with one attached hydrogen (secondary N) is 1. The highest BCUT2D eigenvalue weighted by molar-refractivity contribution is 5.33. The number of rotatable bonds is 6. The second-order valence-electron chi connectivity index (χ2n) is 5.85. The highest BCUT2D eigenvalue weighted by Crippen LogP contribution is 2.41. The van der Waals surface area contributed by atoms with E-state index in [9.17, 15) is 0 Å². The first kappa shape index (κ1) is 14.2. The van der Waals surface area contributed by atoms with Gasteiger partial charge in [0, 0.05) is 12.6 Å². The van der Waals surface area contributed by atoms with E-state index < -0.39 is 0 Å². The first-order valence-corrected chi connectivity index (χ1v) is 7.73. The van der Waals surface area contributed by atoms with E-state index in [1.807, 2.05) is 12.1 Å². The molecule has 2 nitrogen and oxygen atoms in total. The maximum absolute atomic E-state index is 5.21. The maximum atomic E-state index is 5.21. The van der Waals surface area contributed by atoms with E-state index >= 15 is 0 Å². The normalized spacial score (nSPS) is 15.7. The highest BCUT2D eigenvalue weighted by atomic mass is 16.5. The van der Waals surface area contributed by atoms with Gasteiger partial charge in [-0.2, -0.15) is 0 Å². The maximum Gasteiger partial charge on any atom is 0.118 e. The van der Waals surface area contributed by atoms with Crippen molar-refractivity contribution in [1.29, 1.82) is 0 Å². The van der Waals surface area contributed by atoms with Crippen molar-refractivity contribution in [2.24, 2.45) is 0 Å². The van der Waals surface area contributed by atoms with E-state index in [2.05, 4.69) is 48.6 Å². The fourth-order valence-electron chi connectivity index (χ4n) is 2.76. The van der Waals surface area contributed by atoms with Crippen molar-refractivity contribution in [3.63, 3.8) is 0 Å². The molecule has 0 bridgehead atoms. The SMILES string of the molecule is COc1ccc([C@H](C)NCc2ccccc2C2CC2)cc1. The highest BCUT2D eigenvalue weighted by Gasteiger charge is 2.25. The van der Waals surface area contributed by atoms with Gasteiger partial charge in [0.15, 0.2) is 0 Å². The lowest BCUT2D eigenvalue weighted by Crippen LogP contribution is -2.18. The molecule has 1 aliphatic rings. The van der Waals surface area contributed by atoms with Crippen LogP contribution in [0.15, 0.2) is 48.5 Å². The average molecular weight is 281 g/mol. The molecular weight excluding hydrogens is 258 g/mol. The summed E-state index contributed by atoms with van der Waals surface area (Å²) >= 11 is 0. The summed E-state index contributed by atoms with van der Waals surface area (Å²) in [4.78, 5) is 0. The quantitative estimate of drug-likeness (QED) is 0.846. The van der Waals surface area contributed by atoms with Gasteiger partial charge in [0.25, 0.3) is 0 Å². The van der Waals surface area contributed by atoms with Crippen molar-refractivity contribution >= 4 is 0 Å². The molecule has 1 aliphatic carbocycles. The third-order valence-electron chi connectivity index (χ3n) is 4.29. The lowest BCUT2D eigenvalue weighted by molar-refractivity contribution is 0.414. The molecule has 2 aromatic rings. The predicted molar refractivity (Wildman–Crippen MR) is 86.7 cm³/mol. The van der Waals surface area contributed by atoms with Crippen LogP contribution in [-0.2, 0) is 6.54 Å². The molecule has 21 heavy (non-hydrogen) atoms. The summed E-state index contributed by atoms with van der Waals surface area (Å²) in [5, 5.41) is 3.63. The van der Waals surface area contributed by atoms with E-state index in [4.69, 9.17) is 4.74 Å². The van der Waals surface area contributed by atoms with Gasteiger partial charge in [0.1, 0.15) is 5.75 Å². The molecule has 1 atom stereocenters. The molecule has 1 fully saturated rings. The molecule has 2 aromatic carbocycles. The van der Waals surface area contributed by atoms with Gasteiger partial charge in [0.05, 0.1) is 7.11 Å². The van der Waals surface area contributed by atoms with Crippen LogP contribution in [0.2, 0.25) is 0 Å². The summed E-state index contributed by atoms with van der Waals surface area (Å²) < 4.78 is 5.21. The van der Waals surface area contributed by atoms with Gasteiger partial charge in [-0.1, -0.05) is 36.4 Å². The molecule has 1 saturated carbocycles. The van der Waals surface area contributed by atoms with Gasteiger partial charge in [0.2, 0.25) is 0 Å². The molecule has 0 unspecified atom stereocenters. The van der Waals surface area contributed by atoms with Crippen molar-refractivity contribution in [2.45, 2.75) is 38.3 Å². The first-order valence-electron chi connectivity index (χ1n) is 7.73. The smallest absolute Gasteiger partial charge is 0.118 e. The molecular formula is C19H23NO. The first-order chi connectivity index (χ1) is 10.3. The molecule has 0 heterocycles. The van der Waals surface area contributed by atoms with Crippen LogP contribution in [0, 0.1) is 0 Å². The number of hydrogen-bond acceptors (Lipinski definition) is 2. The van der Waals surface area contributed by atoms with Crippen LogP contribution in [0.5, 0.6) is 5.75 Å². The van der Waals surface area contributed by atoms with E-state index in [-0.39, 0.29) is 0 Å². The van der Waals surface area contributed by atoms with Gasteiger partial charge >= 0.3 is 0 Å². The largest absolute Gasteiger partial charge is 0.497 e. The Morgan fingerprint density at radius 2 is 1.81 bits per heavy atom. The Morgan fingerprint density at radius 1 is 1.10 bits per heavy atom. The van der Waals surface area contributed by atoms with Crippen LogP contribution in [-0.4, -0.2) is 7.11 Å². The number of methoxy groups -OCH3 is 1. The summed E-state index contributed by atoms with van der Waals surface area (Å²) in [6.07, 6.45) is 2.70. The Kier molecular flexibility index (Phi) is 4.26. The molecule has 0 aliphatic heterocycles. The zero-order valence-electron chi connectivity index (χ0n) is 12.8. The second-order valence-corrected chi connectivity index (χ2v) is 5.85. The van der Waals surface area contributed by atoms with Crippen molar-refractivity contribution < 1.29 is 4.74 Å². The summed E-state index contributed by atoms with van der Waals surface area (Å²) in [7, 11) is 1.70. The summed E-state index contributed by atoms with van der Waals surface area (Å²) in [5.41, 5.74) is 4.27. The minimum absolute atomic E-state index is 0.336. The molecule has 0 amide bonds. The van der Waals surface area contributed by atoms with E-state index in [1.165, 1.54) is 29.5 Å². The molecule has 3 rings (SSSR count). The average Bonchev–Trinajstić information content (AvgIpc) is 3.38. The zero-order valence-corrected chi connectivity index (χ0v) is 12.8. The number of benzene rings is 2. The molecule has 1 N–H and O–H groups in total. The third-order valence-corrected chi connectivity index (χ3v) is 4.29. The van der Waals surface area contributed by atoms with Crippen molar-refractivity contribution in [3.05, 3.63) is 65.2 Å². The van der Waals surface area contributed by atoms with E-state index in [0.29, 0.717) is 6.04 Å². The minimum atomic E-state index is 0.336. The number of ether oxygens (including phenoxy) is 1. The van der Waals surface area contributed by atoms with Crippen LogP contribution in [0.4, 0.5) is 0 Å². The molecule has 0 saturated heterocycles. The summed E-state index contributed by atoms with van der Waals surface area (Å²) in [5.74, 6) is 1.71. The lowest BCUT2D eigenvalue weighted by Gasteiger charge is -2.16. The van der Waals surface area contributed by atoms with Crippen molar-refractivity contribution in [1.82, 2.24) is 5.32 Å². The topological polar surface area (TPSA) is 21.3 Å². The summed E-state index contributed by atoms with van der Waals surface area (Å²) in [6, 6.07) is 17.5. The van der Waals surface area contributed by atoms with Gasteiger partial charge in [-0.05, 0) is 54.5 Å². The van der Waals surface area contributed by atoms with Gasteiger partial charge in [-0.3, -0.25) is 0 Å². The predicted octanol–water partition coefficient (Wildman–Crippen LogP) is 4.42. The molecule has 110 valence electrons. The molecule has 0 radical (unpaired) electrons. The van der Waals surface area contributed by atoms with Crippen molar-refractivity contribution in [3.8, 4) is 5.75 Å². The third kappa shape index (κ3) is 3.45. The number of hydrogen-bond donors (Lipinski definition) is 1. The Morgan fingerprint density at radius 3 is 2.48 bits per heavy atom. The van der Waals surface area contributed by atoms with Crippen LogP contribution in [0.3, 0.4) is 0 Å². The van der Waals surface area contributed by atoms with E-state index in [1.54, 1.807) is 7.11 Å². The Bertz CT molecular complexity index is 587. The van der Waals surface area contributed by atoms with Gasteiger partial charge in [-0.15, -0.1) is 0 Å². The minimum Gasteiger partial charge on any atom is -0.497 e. The standard InChI is InChI=1S/C19H23NO/c1-14(15-9-11-18(21-2)12-10-15)20-13-17-5-3-4-6-19(17)16-7-8-16/h3-6,9-12,14,16,20H,7-8,13H2,1-2H3/t14-/m0/s1. The Hall–Kier alpha value is -1.80. The lowest BCUT2D eigenvalue weighted by atomic mass is 10.0. The molecule has 0 aromatic heterocycles. The van der Waals surface area contributed by atoms with E-state index in [0.717, 1.165) is 18.2 Å². The monoisotopic (exact) mass is 281 g/mol. The molecule has 2 heteroatoms. The Balaban J connectivity index is 1.64. The van der Waals surface area contributed by atoms with Gasteiger partial charge < -0.3 is 10.1 Å². The van der Waals surface area contributed by atoms with Crippen LogP contribution >= 0.6 is 0 Å². The fraction of sp³-hybridized carbons (Fsp3) is 0.368. The van der Waals surface area contributed by atoms with Crippen molar-refractivity contribution in [2.75, 3.05) is 7.11 Å². The zero-order chi connectivity index (χ0) is 14.7.